The van der Waals surface area contributed by atoms with Crippen LogP contribution in [0.4, 0.5) is 5.69 Å². The molecule has 6 rings (SSSR count). The van der Waals surface area contributed by atoms with Gasteiger partial charge in [-0.05, 0) is 67.6 Å². The van der Waals surface area contributed by atoms with Crippen LogP contribution in [-0.2, 0) is 10.8 Å². The maximum absolute atomic E-state index is 13.8. The van der Waals surface area contributed by atoms with Crippen LogP contribution in [-0.4, -0.2) is 40.4 Å². The van der Waals surface area contributed by atoms with Gasteiger partial charge in [0.05, 0.1) is 24.3 Å². The summed E-state index contributed by atoms with van der Waals surface area (Å²) >= 11 is 0. The number of anilines is 1. The zero-order chi connectivity index (χ0) is 23.7. The Hall–Kier alpha value is -4.12. The molecule has 170 valence electrons. The average Bonchev–Trinajstić information content (AvgIpc) is 3.78. The number of carboxylic acid groups (broad SMARTS) is 1. The molecule has 0 saturated heterocycles. The van der Waals surface area contributed by atoms with Crippen molar-refractivity contribution in [3.63, 3.8) is 0 Å². The minimum Gasteiger partial charge on any atom is -0.497 e. The average molecular weight is 454 g/mol. The van der Waals surface area contributed by atoms with Crippen molar-refractivity contribution in [3.05, 3.63) is 71.0 Å². The second-order valence-electron chi connectivity index (χ2n) is 9.40. The van der Waals surface area contributed by atoms with Gasteiger partial charge in [-0.2, -0.15) is 10.4 Å². The van der Waals surface area contributed by atoms with Crippen molar-refractivity contribution in [2.45, 2.75) is 36.5 Å². The van der Waals surface area contributed by atoms with Gasteiger partial charge in [-0.25, -0.2) is 9.48 Å². The zero-order valence-electron chi connectivity index (χ0n) is 18.6. The number of aromatic carboxylic acids is 1. The number of aromatic nitrogens is 2. The number of nitriles is 1. The number of hydrogen-bond acceptors (Lipinski definition) is 5. The Kier molecular flexibility index (Phi) is 4.18. The number of carbonyl (C=O) groups excluding carboxylic acids is 1. The predicted octanol–water partition coefficient (Wildman–Crippen LogP) is 3.83. The Morgan fingerprint density at radius 1 is 1.06 bits per heavy atom. The lowest BCUT2D eigenvalue weighted by atomic mass is 9.88. The summed E-state index contributed by atoms with van der Waals surface area (Å²) in [6, 6.07) is 17.1. The SMILES string of the molecule is COc1ccc(-n2nc(C(=O)O)c3c2C(=O)N(c2ccc(C4(C#N)CC4)cc2)CC32CC2)cc1. The van der Waals surface area contributed by atoms with E-state index in [-0.39, 0.29) is 11.6 Å². The van der Waals surface area contributed by atoms with E-state index in [1.807, 2.05) is 24.3 Å². The molecule has 2 saturated carbocycles. The lowest BCUT2D eigenvalue weighted by molar-refractivity contribution is 0.0688. The summed E-state index contributed by atoms with van der Waals surface area (Å²) in [5, 5.41) is 23.8. The Balaban J connectivity index is 1.46. The van der Waals surface area contributed by atoms with Crippen molar-refractivity contribution in [3.8, 4) is 17.5 Å². The summed E-state index contributed by atoms with van der Waals surface area (Å²) in [6.45, 7) is 0.413. The molecule has 0 atom stereocenters. The largest absolute Gasteiger partial charge is 0.497 e. The minimum atomic E-state index is -1.13. The van der Waals surface area contributed by atoms with E-state index in [0.29, 0.717) is 29.2 Å². The van der Waals surface area contributed by atoms with Crippen LogP contribution in [0.5, 0.6) is 5.75 Å². The highest BCUT2D eigenvalue weighted by Crippen LogP contribution is 2.54. The summed E-state index contributed by atoms with van der Waals surface area (Å²) < 4.78 is 6.68. The zero-order valence-corrected chi connectivity index (χ0v) is 18.6. The van der Waals surface area contributed by atoms with Crippen LogP contribution >= 0.6 is 0 Å². The van der Waals surface area contributed by atoms with Crippen LogP contribution in [0.15, 0.2) is 48.5 Å². The van der Waals surface area contributed by atoms with Gasteiger partial charge in [-0.3, -0.25) is 4.79 Å². The molecule has 2 aromatic carbocycles. The van der Waals surface area contributed by atoms with Crippen LogP contribution in [0.2, 0.25) is 0 Å². The third-order valence-corrected chi connectivity index (χ3v) is 7.39. The molecule has 3 aromatic rings. The van der Waals surface area contributed by atoms with Gasteiger partial charge in [0, 0.05) is 23.2 Å². The summed E-state index contributed by atoms with van der Waals surface area (Å²) in [7, 11) is 1.57. The number of rotatable bonds is 5. The van der Waals surface area contributed by atoms with Gasteiger partial charge in [0.15, 0.2) is 5.69 Å². The van der Waals surface area contributed by atoms with Gasteiger partial charge in [-0.15, -0.1) is 0 Å². The Morgan fingerprint density at radius 3 is 2.24 bits per heavy atom. The predicted molar refractivity (Wildman–Crippen MR) is 123 cm³/mol. The van der Waals surface area contributed by atoms with Crippen LogP contribution in [0, 0.1) is 11.3 Å². The van der Waals surface area contributed by atoms with Crippen LogP contribution in [0.3, 0.4) is 0 Å². The third kappa shape index (κ3) is 2.86. The normalized spacial score (nSPS) is 18.8. The van der Waals surface area contributed by atoms with Crippen LogP contribution < -0.4 is 9.64 Å². The number of ether oxygens (including phenoxy) is 1. The van der Waals surface area contributed by atoms with Crippen LogP contribution in [0.1, 0.15) is 57.8 Å². The number of nitrogens with zero attached hydrogens (tertiary/aromatic N) is 4. The Morgan fingerprint density at radius 2 is 1.71 bits per heavy atom. The van der Waals surface area contributed by atoms with Gasteiger partial charge in [0.1, 0.15) is 11.4 Å². The standard InChI is InChI=1S/C26H22N4O4/c1-34-19-8-6-18(7-9-19)30-22-20(21(28-30)24(32)33)26(12-13-26)15-29(23(22)31)17-4-2-16(3-5-17)25(14-27)10-11-25/h2-9H,10-13,15H2,1H3,(H,32,33). The van der Waals surface area contributed by atoms with E-state index >= 15 is 0 Å². The number of amides is 1. The van der Waals surface area contributed by atoms with Gasteiger partial charge in [0.2, 0.25) is 0 Å². The van der Waals surface area contributed by atoms with E-state index in [2.05, 4.69) is 11.2 Å². The van der Waals surface area contributed by atoms with Gasteiger partial charge >= 0.3 is 5.97 Å². The lowest BCUT2D eigenvalue weighted by Crippen LogP contribution is -2.44. The maximum Gasteiger partial charge on any atom is 0.356 e. The molecule has 1 amide bonds. The molecule has 1 spiro atoms. The maximum atomic E-state index is 13.8. The van der Waals surface area contributed by atoms with Gasteiger partial charge in [0.25, 0.3) is 5.91 Å². The fourth-order valence-corrected chi connectivity index (χ4v) is 5.08. The van der Waals surface area contributed by atoms with Crippen LogP contribution in [0.25, 0.3) is 5.69 Å². The highest BCUT2D eigenvalue weighted by molar-refractivity contribution is 6.10. The molecule has 0 unspecified atom stereocenters. The molecular formula is C26H22N4O4. The molecule has 1 aromatic heterocycles. The third-order valence-electron chi connectivity index (χ3n) is 7.39. The van der Waals surface area contributed by atoms with Crippen molar-refractivity contribution in [1.82, 2.24) is 9.78 Å². The highest BCUT2D eigenvalue weighted by atomic mass is 16.5. The first-order chi connectivity index (χ1) is 16.4. The Labute approximate surface area is 196 Å². The fourth-order valence-electron chi connectivity index (χ4n) is 5.08. The molecular weight excluding hydrogens is 432 g/mol. The molecule has 1 aliphatic heterocycles. The molecule has 3 aliphatic rings. The molecule has 2 fully saturated rings. The first kappa shape index (κ1) is 20.5. The van der Waals surface area contributed by atoms with Crippen molar-refractivity contribution < 1.29 is 19.4 Å². The van der Waals surface area contributed by atoms with Crippen molar-refractivity contribution >= 4 is 17.6 Å². The molecule has 2 heterocycles. The molecule has 8 heteroatoms. The number of benzene rings is 2. The summed E-state index contributed by atoms with van der Waals surface area (Å²) in [5.74, 6) is -0.759. The van der Waals surface area contributed by atoms with E-state index in [1.54, 1.807) is 36.3 Å². The monoisotopic (exact) mass is 454 g/mol. The van der Waals surface area contributed by atoms with Crippen molar-refractivity contribution in [2.24, 2.45) is 0 Å². The second kappa shape index (κ2) is 6.94. The van der Waals surface area contributed by atoms with Gasteiger partial charge < -0.3 is 14.7 Å². The molecule has 34 heavy (non-hydrogen) atoms. The smallest absolute Gasteiger partial charge is 0.356 e. The fraction of sp³-hybridized carbons (Fsp3) is 0.308. The molecule has 0 radical (unpaired) electrons. The van der Waals surface area contributed by atoms with Crippen molar-refractivity contribution in [2.75, 3.05) is 18.6 Å². The summed E-state index contributed by atoms with van der Waals surface area (Å²) in [4.78, 5) is 27.7. The highest BCUT2D eigenvalue weighted by Gasteiger charge is 2.56. The quantitative estimate of drug-likeness (QED) is 0.628. The molecule has 2 aliphatic carbocycles. The molecule has 1 N–H and O–H groups in total. The van der Waals surface area contributed by atoms with E-state index < -0.39 is 16.8 Å². The summed E-state index contributed by atoms with van der Waals surface area (Å²) in [5.41, 5.74) is 2.28. The first-order valence-electron chi connectivity index (χ1n) is 11.3. The molecule has 0 bridgehead atoms. The van der Waals surface area contributed by atoms with E-state index in [9.17, 15) is 20.0 Å². The van der Waals surface area contributed by atoms with Crippen molar-refractivity contribution in [1.29, 1.82) is 5.26 Å². The second-order valence-corrected chi connectivity index (χ2v) is 9.40. The number of methoxy groups -OCH3 is 1. The Bertz CT molecular complexity index is 1370. The number of carbonyl (C=O) groups is 2. The number of carboxylic acids is 1. The number of fused-ring (bicyclic) bond motifs is 2. The first-order valence-corrected chi connectivity index (χ1v) is 11.3. The number of hydrogen-bond donors (Lipinski definition) is 1. The lowest BCUT2D eigenvalue weighted by Gasteiger charge is -2.33. The van der Waals surface area contributed by atoms with E-state index in [1.165, 1.54) is 4.68 Å². The van der Waals surface area contributed by atoms with E-state index in [4.69, 9.17) is 4.74 Å². The molecule has 8 nitrogen and oxygen atoms in total. The minimum absolute atomic E-state index is 0.0589. The van der Waals surface area contributed by atoms with Gasteiger partial charge in [-0.1, -0.05) is 12.1 Å². The van der Waals surface area contributed by atoms with E-state index in [0.717, 1.165) is 36.9 Å². The summed E-state index contributed by atoms with van der Waals surface area (Å²) in [6.07, 6.45) is 3.32. The topological polar surface area (TPSA) is 108 Å².